The summed E-state index contributed by atoms with van der Waals surface area (Å²) in [6.07, 6.45) is 3.68. The van der Waals surface area contributed by atoms with Crippen LogP contribution in [-0.4, -0.2) is 49.7 Å². The van der Waals surface area contributed by atoms with Gasteiger partial charge in [-0.1, -0.05) is 36.4 Å². The summed E-state index contributed by atoms with van der Waals surface area (Å²) in [4.78, 5) is 17.4. The van der Waals surface area contributed by atoms with Crippen molar-refractivity contribution in [1.82, 2.24) is 10.2 Å². The van der Waals surface area contributed by atoms with E-state index in [1.807, 2.05) is 30.3 Å². The van der Waals surface area contributed by atoms with Gasteiger partial charge in [-0.05, 0) is 61.4 Å². The molecule has 0 saturated carbocycles. The number of rotatable bonds is 5. The minimum Gasteiger partial charge on any atom is -0.371 e. The first kappa shape index (κ1) is 18.5. The maximum Gasteiger partial charge on any atom is 0.319 e. The molecule has 152 valence electrons. The molecule has 4 heterocycles. The molecule has 4 atom stereocenters. The Morgan fingerprint density at radius 1 is 1.03 bits per heavy atom. The van der Waals surface area contributed by atoms with E-state index in [0.29, 0.717) is 6.04 Å². The third-order valence-electron chi connectivity index (χ3n) is 6.98. The predicted octanol–water partition coefficient (Wildman–Crippen LogP) is 3.58. The summed E-state index contributed by atoms with van der Waals surface area (Å²) in [7, 11) is 0. The van der Waals surface area contributed by atoms with Gasteiger partial charge in [-0.3, -0.25) is 4.90 Å². The first-order valence-corrected chi connectivity index (χ1v) is 10.9. The predicted molar refractivity (Wildman–Crippen MR) is 117 cm³/mol. The monoisotopic (exact) mass is 390 g/mol. The Labute approximate surface area is 173 Å². The van der Waals surface area contributed by atoms with Gasteiger partial charge in [0, 0.05) is 43.6 Å². The van der Waals surface area contributed by atoms with Crippen molar-refractivity contribution in [1.29, 1.82) is 0 Å². The number of nitrogens with zero attached hydrogens (tertiary/aromatic N) is 2. The minimum atomic E-state index is -0.107. The molecule has 2 N–H and O–H groups in total. The second-order valence-corrected chi connectivity index (χ2v) is 8.72. The zero-order valence-corrected chi connectivity index (χ0v) is 16.9. The zero-order valence-electron chi connectivity index (χ0n) is 16.9. The molecule has 2 bridgehead atoms. The van der Waals surface area contributed by atoms with Crippen LogP contribution in [0.1, 0.15) is 18.4 Å². The Morgan fingerprint density at radius 3 is 2.69 bits per heavy atom. The van der Waals surface area contributed by atoms with Crippen LogP contribution in [0.25, 0.3) is 0 Å². The van der Waals surface area contributed by atoms with Gasteiger partial charge in [-0.25, -0.2) is 4.79 Å². The molecule has 29 heavy (non-hydrogen) atoms. The number of carbonyl (C=O) groups is 1. The largest absolute Gasteiger partial charge is 0.371 e. The first-order valence-electron chi connectivity index (χ1n) is 10.9. The summed E-state index contributed by atoms with van der Waals surface area (Å²) in [5.74, 6) is 1.51. The van der Waals surface area contributed by atoms with Crippen molar-refractivity contribution in [2.45, 2.75) is 25.3 Å². The Kier molecular flexibility index (Phi) is 5.15. The Balaban J connectivity index is 1.13. The quantitative estimate of drug-likeness (QED) is 0.820. The molecular weight excluding hydrogens is 360 g/mol. The van der Waals surface area contributed by atoms with Gasteiger partial charge in [0.15, 0.2) is 0 Å². The number of carbonyl (C=O) groups excluding carboxylic acids is 1. The van der Waals surface area contributed by atoms with E-state index in [1.165, 1.54) is 43.6 Å². The van der Waals surface area contributed by atoms with E-state index in [1.54, 1.807) is 0 Å². The molecule has 5 nitrogen and oxygen atoms in total. The SMILES string of the molecule is O=C(NCC1CC2CCN1CC2CN1CCc2ccccc21)Nc1ccccc1. The van der Waals surface area contributed by atoms with Gasteiger partial charge >= 0.3 is 6.03 Å². The fourth-order valence-corrected chi connectivity index (χ4v) is 5.46. The topological polar surface area (TPSA) is 47.6 Å². The highest BCUT2D eigenvalue weighted by atomic mass is 16.2. The zero-order chi connectivity index (χ0) is 19.6. The molecule has 3 saturated heterocycles. The normalized spacial score (nSPS) is 27.5. The van der Waals surface area contributed by atoms with Crippen LogP contribution in [-0.2, 0) is 6.42 Å². The number of nitrogens with one attached hydrogen (secondary N) is 2. The van der Waals surface area contributed by atoms with Crippen molar-refractivity contribution in [2.24, 2.45) is 11.8 Å². The molecule has 6 rings (SSSR count). The van der Waals surface area contributed by atoms with Gasteiger partial charge in [0.2, 0.25) is 0 Å². The van der Waals surface area contributed by atoms with E-state index in [4.69, 9.17) is 0 Å². The highest BCUT2D eigenvalue weighted by molar-refractivity contribution is 5.89. The minimum absolute atomic E-state index is 0.107. The third kappa shape index (κ3) is 3.97. The molecule has 0 radical (unpaired) electrons. The summed E-state index contributed by atoms with van der Waals surface area (Å²) in [6, 6.07) is 18.9. The lowest BCUT2D eigenvalue weighted by Crippen LogP contribution is -2.58. The maximum absolute atomic E-state index is 12.2. The molecule has 3 fully saturated rings. The lowest BCUT2D eigenvalue weighted by Gasteiger charge is -2.50. The highest BCUT2D eigenvalue weighted by Crippen LogP contribution is 2.38. The van der Waals surface area contributed by atoms with Gasteiger partial charge in [0.05, 0.1) is 0 Å². The number of fused-ring (bicyclic) bond motifs is 4. The van der Waals surface area contributed by atoms with Gasteiger partial charge < -0.3 is 15.5 Å². The number of anilines is 2. The van der Waals surface area contributed by atoms with E-state index in [0.717, 1.165) is 37.2 Å². The standard InChI is InChI=1S/C24H30N4O/c29-24(26-21-7-2-1-3-8-21)25-15-22-14-19-11-12-27(22)16-20(19)17-28-13-10-18-6-4-5-9-23(18)28/h1-9,19-20,22H,10-17H2,(H2,25,26,29). The Hall–Kier alpha value is -2.53. The molecule has 4 unspecified atom stereocenters. The van der Waals surface area contributed by atoms with E-state index in [-0.39, 0.29) is 6.03 Å². The Morgan fingerprint density at radius 2 is 1.86 bits per heavy atom. The third-order valence-corrected chi connectivity index (χ3v) is 6.98. The molecule has 2 amide bonds. The molecule has 2 aromatic rings. The summed E-state index contributed by atoms with van der Waals surface area (Å²) >= 11 is 0. The molecular formula is C24H30N4O. The number of hydrogen-bond donors (Lipinski definition) is 2. The number of benzene rings is 2. The van der Waals surface area contributed by atoms with E-state index in [2.05, 4.69) is 44.7 Å². The average Bonchev–Trinajstić information content (AvgIpc) is 3.17. The van der Waals surface area contributed by atoms with Gasteiger partial charge in [-0.15, -0.1) is 0 Å². The molecule has 4 aliphatic rings. The van der Waals surface area contributed by atoms with Gasteiger partial charge in [-0.2, -0.15) is 0 Å². The summed E-state index contributed by atoms with van der Waals surface area (Å²) in [5.41, 5.74) is 3.78. The number of amides is 2. The lowest BCUT2D eigenvalue weighted by molar-refractivity contribution is 0.00590. The maximum atomic E-state index is 12.2. The first-order chi connectivity index (χ1) is 14.3. The second kappa shape index (κ2) is 8.07. The fourth-order valence-electron chi connectivity index (χ4n) is 5.46. The average molecular weight is 391 g/mol. The van der Waals surface area contributed by atoms with Crippen molar-refractivity contribution in [2.75, 3.05) is 42.9 Å². The second-order valence-electron chi connectivity index (χ2n) is 8.72. The fraction of sp³-hybridized carbons (Fsp3) is 0.458. The number of hydrogen-bond acceptors (Lipinski definition) is 3. The van der Waals surface area contributed by atoms with Crippen molar-refractivity contribution < 1.29 is 4.79 Å². The molecule has 2 aromatic carbocycles. The van der Waals surface area contributed by atoms with E-state index < -0.39 is 0 Å². The van der Waals surface area contributed by atoms with Crippen LogP contribution in [0, 0.1) is 11.8 Å². The molecule has 0 aliphatic carbocycles. The van der Waals surface area contributed by atoms with Crippen LogP contribution in [0.15, 0.2) is 54.6 Å². The van der Waals surface area contributed by atoms with Crippen LogP contribution in [0.5, 0.6) is 0 Å². The Bertz CT molecular complexity index is 855. The van der Waals surface area contributed by atoms with Crippen molar-refractivity contribution in [3.63, 3.8) is 0 Å². The van der Waals surface area contributed by atoms with Gasteiger partial charge in [0.1, 0.15) is 0 Å². The lowest BCUT2D eigenvalue weighted by atomic mass is 9.75. The van der Waals surface area contributed by atoms with Crippen molar-refractivity contribution >= 4 is 17.4 Å². The highest BCUT2D eigenvalue weighted by Gasteiger charge is 2.41. The van der Waals surface area contributed by atoms with Crippen LogP contribution in [0.2, 0.25) is 0 Å². The van der Waals surface area contributed by atoms with E-state index >= 15 is 0 Å². The molecule has 0 spiro atoms. The van der Waals surface area contributed by atoms with Crippen molar-refractivity contribution in [3.8, 4) is 0 Å². The summed E-state index contributed by atoms with van der Waals surface area (Å²) < 4.78 is 0. The van der Waals surface area contributed by atoms with Gasteiger partial charge in [0.25, 0.3) is 0 Å². The smallest absolute Gasteiger partial charge is 0.319 e. The van der Waals surface area contributed by atoms with Crippen LogP contribution < -0.4 is 15.5 Å². The van der Waals surface area contributed by atoms with Crippen LogP contribution in [0.4, 0.5) is 16.2 Å². The molecule has 5 heteroatoms. The molecule has 0 aromatic heterocycles. The number of urea groups is 1. The number of piperidine rings is 3. The van der Waals surface area contributed by atoms with Crippen LogP contribution >= 0.6 is 0 Å². The van der Waals surface area contributed by atoms with E-state index in [9.17, 15) is 4.79 Å². The van der Waals surface area contributed by atoms with Crippen LogP contribution in [0.3, 0.4) is 0 Å². The molecule has 4 aliphatic heterocycles. The number of para-hydroxylation sites is 2. The van der Waals surface area contributed by atoms with Crippen molar-refractivity contribution in [3.05, 3.63) is 60.2 Å². The summed E-state index contributed by atoms with van der Waals surface area (Å²) in [5, 5.41) is 6.00. The summed E-state index contributed by atoms with van der Waals surface area (Å²) in [6.45, 7) is 5.40.